The minimum Gasteiger partial charge on any atom is -0.376 e. The molecule has 8 heteroatoms. The molecule has 0 atom stereocenters. The molecule has 2 aromatic carbocycles. The zero-order valence-corrected chi connectivity index (χ0v) is 15.7. The summed E-state index contributed by atoms with van der Waals surface area (Å²) >= 11 is 1.14. The first-order chi connectivity index (χ1) is 12.9. The number of halogens is 1. The van der Waals surface area contributed by atoms with Crippen molar-refractivity contribution in [2.75, 3.05) is 0 Å². The van der Waals surface area contributed by atoms with Crippen molar-refractivity contribution < 1.29 is 17.0 Å². The molecule has 5 nitrogen and oxygen atoms in total. The summed E-state index contributed by atoms with van der Waals surface area (Å²) in [6.45, 7) is 1.82. The summed E-state index contributed by atoms with van der Waals surface area (Å²) in [5.41, 5.74) is 1.85. The SMILES string of the molecule is Cc1ccc2cccc(OS(=O)(=O)c3csc(-c4ccc(F)cc4)n3)c2n1. The van der Waals surface area contributed by atoms with Crippen molar-refractivity contribution in [1.29, 1.82) is 0 Å². The molecule has 0 aliphatic carbocycles. The molecule has 0 spiro atoms. The van der Waals surface area contributed by atoms with Crippen LogP contribution in [0.4, 0.5) is 4.39 Å². The van der Waals surface area contributed by atoms with Gasteiger partial charge in [0.1, 0.15) is 16.3 Å². The van der Waals surface area contributed by atoms with E-state index in [9.17, 15) is 12.8 Å². The van der Waals surface area contributed by atoms with E-state index in [0.29, 0.717) is 16.1 Å². The van der Waals surface area contributed by atoms with E-state index in [2.05, 4.69) is 9.97 Å². The van der Waals surface area contributed by atoms with Gasteiger partial charge in [-0.1, -0.05) is 18.2 Å². The van der Waals surface area contributed by atoms with Crippen molar-refractivity contribution in [2.45, 2.75) is 11.9 Å². The Balaban J connectivity index is 1.69. The highest BCUT2D eigenvalue weighted by Gasteiger charge is 2.22. The Morgan fingerprint density at radius 2 is 1.78 bits per heavy atom. The van der Waals surface area contributed by atoms with Gasteiger partial charge in [-0.2, -0.15) is 8.42 Å². The van der Waals surface area contributed by atoms with Gasteiger partial charge in [-0.05, 0) is 43.3 Å². The lowest BCUT2D eigenvalue weighted by atomic mass is 10.2. The summed E-state index contributed by atoms with van der Waals surface area (Å²) in [5, 5.41) is 2.44. The number of aromatic nitrogens is 2. The Morgan fingerprint density at radius 3 is 2.56 bits per heavy atom. The predicted molar refractivity (Wildman–Crippen MR) is 102 cm³/mol. The number of thiazole rings is 1. The van der Waals surface area contributed by atoms with Gasteiger partial charge in [-0.15, -0.1) is 11.3 Å². The molecule has 0 N–H and O–H groups in total. The van der Waals surface area contributed by atoms with E-state index in [1.165, 1.54) is 17.5 Å². The monoisotopic (exact) mass is 400 g/mol. The number of rotatable bonds is 4. The molecule has 136 valence electrons. The summed E-state index contributed by atoms with van der Waals surface area (Å²) in [7, 11) is -4.13. The van der Waals surface area contributed by atoms with Crippen LogP contribution in [-0.2, 0) is 10.1 Å². The van der Waals surface area contributed by atoms with E-state index in [1.54, 1.807) is 24.3 Å². The third-order valence-electron chi connectivity index (χ3n) is 3.85. The Morgan fingerprint density at radius 1 is 1.00 bits per heavy atom. The number of nitrogens with zero attached hydrogens (tertiary/aromatic N) is 2. The molecule has 0 amide bonds. The van der Waals surface area contributed by atoms with Crippen LogP contribution in [0.5, 0.6) is 5.75 Å². The number of benzene rings is 2. The minimum absolute atomic E-state index is 0.146. The number of pyridine rings is 1. The first-order valence-corrected chi connectivity index (χ1v) is 10.2. The smallest absolute Gasteiger partial charge is 0.357 e. The lowest BCUT2D eigenvalue weighted by Gasteiger charge is -2.08. The standard InChI is InChI=1S/C19H13FN2O3S2/c1-12-5-6-13-3-2-4-16(18(13)21-12)25-27(23,24)17-11-26-19(22-17)14-7-9-15(20)10-8-14/h2-11H,1H3. The Hall–Kier alpha value is -2.84. The molecule has 0 bridgehead atoms. The number of para-hydroxylation sites is 1. The van der Waals surface area contributed by atoms with Gasteiger partial charge < -0.3 is 4.18 Å². The minimum atomic E-state index is -4.13. The number of hydrogen-bond acceptors (Lipinski definition) is 6. The van der Waals surface area contributed by atoms with Crippen LogP contribution in [0, 0.1) is 12.7 Å². The average Bonchev–Trinajstić information content (AvgIpc) is 3.14. The van der Waals surface area contributed by atoms with E-state index in [0.717, 1.165) is 22.4 Å². The van der Waals surface area contributed by atoms with Crippen LogP contribution in [0.2, 0.25) is 0 Å². The van der Waals surface area contributed by atoms with Crippen molar-refractivity contribution in [3.05, 3.63) is 71.5 Å². The van der Waals surface area contributed by atoms with Crippen LogP contribution in [0.1, 0.15) is 5.69 Å². The Kier molecular flexibility index (Phi) is 4.37. The molecule has 0 saturated heterocycles. The molecule has 2 heterocycles. The van der Waals surface area contributed by atoms with Gasteiger partial charge in [0.25, 0.3) is 0 Å². The third kappa shape index (κ3) is 3.54. The van der Waals surface area contributed by atoms with Gasteiger partial charge >= 0.3 is 10.1 Å². The first kappa shape index (κ1) is 17.6. The van der Waals surface area contributed by atoms with Gasteiger partial charge in [-0.25, -0.2) is 14.4 Å². The highest BCUT2D eigenvalue weighted by molar-refractivity contribution is 7.87. The van der Waals surface area contributed by atoms with E-state index in [-0.39, 0.29) is 16.6 Å². The summed E-state index contributed by atoms with van der Waals surface area (Å²) in [5.74, 6) is -0.224. The zero-order valence-electron chi connectivity index (χ0n) is 14.1. The molecule has 0 radical (unpaired) electrons. The molecule has 0 fully saturated rings. The number of aryl methyl sites for hydroxylation is 1. The summed E-state index contributed by atoms with van der Waals surface area (Å²) < 4.78 is 43.7. The van der Waals surface area contributed by atoms with E-state index >= 15 is 0 Å². The molecule has 0 unspecified atom stereocenters. The second-order valence-electron chi connectivity index (χ2n) is 5.82. The molecule has 27 heavy (non-hydrogen) atoms. The van der Waals surface area contributed by atoms with E-state index in [1.807, 2.05) is 25.1 Å². The largest absolute Gasteiger partial charge is 0.376 e. The van der Waals surface area contributed by atoms with Crippen LogP contribution >= 0.6 is 11.3 Å². The van der Waals surface area contributed by atoms with Gasteiger partial charge in [0.2, 0.25) is 5.03 Å². The molecule has 0 aliphatic heterocycles. The van der Waals surface area contributed by atoms with Crippen LogP contribution in [-0.4, -0.2) is 18.4 Å². The maximum Gasteiger partial charge on any atom is 0.357 e. The fourth-order valence-corrected chi connectivity index (χ4v) is 4.57. The normalized spacial score (nSPS) is 11.6. The average molecular weight is 400 g/mol. The van der Waals surface area contributed by atoms with Crippen molar-refractivity contribution in [3.8, 4) is 16.3 Å². The lowest BCUT2D eigenvalue weighted by molar-refractivity contribution is 0.485. The van der Waals surface area contributed by atoms with Crippen LogP contribution in [0.25, 0.3) is 21.5 Å². The second-order valence-corrected chi connectivity index (χ2v) is 8.17. The highest BCUT2D eigenvalue weighted by atomic mass is 32.2. The molecule has 0 aliphatic rings. The van der Waals surface area contributed by atoms with E-state index < -0.39 is 10.1 Å². The molecular weight excluding hydrogens is 387 g/mol. The van der Waals surface area contributed by atoms with Crippen molar-refractivity contribution >= 4 is 32.4 Å². The van der Waals surface area contributed by atoms with Gasteiger partial charge in [0, 0.05) is 22.0 Å². The molecule has 0 saturated carbocycles. The van der Waals surface area contributed by atoms with Gasteiger partial charge in [0.15, 0.2) is 5.75 Å². The molecule has 4 rings (SSSR count). The lowest BCUT2D eigenvalue weighted by Crippen LogP contribution is -2.10. The maximum atomic E-state index is 13.1. The number of hydrogen-bond donors (Lipinski definition) is 0. The molecule has 2 aromatic heterocycles. The fraction of sp³-hybridized carbons (Fsp3) is 0.0526. The fourth-order valence-electron chi connectivity index (χ4n) is 2.54. The molecule has 4 aromatic rings. The summed E-state index contributed by atoms with van der Waals surface area (Å²) in [4.78, 5) is 8.51. The van der Waals surface area contributed by atoms with Crippen molar-refractivity contribution in [3.63, 3.8) is 0 Å². The van der Waals surface area contributed by atoms with Gasteiger partial charge in [-0.3, -0.25) is 0 Å². The van der Waals surface area contributed by atoms with Crippen molar-refractivity contribution in [1.82, 2.24) is 9.97 Å². The van der Waals surface area contributed by atoms with Gasteiger partial charge in [0.05, 0.1) is 0 Å². The van der Waals surface area contributed by atoms with Crippen molar-refractivity contribution in [2.24, 2.45) is 0 Å². The third-order valence-corrected chi connectivity index (χ3v) is 6.01. The van der Waals surface area contributed by atoms with Crippen LogP contribution in [0.15, 0.2) is 65.0 Å². The predicted octanol–water partition coefficient (Wildman–Crippen LogP) is 4.57. The first-order valence-electron chi connectivity index (χ1n) is 7.95. The highest BCUT2D eigenvalue weighted by Crippen LogP contribution is 2.30. The Bertz CT molecular complexity index is 1240. The molecular formula is C19H13FN2O3S2. The maximum absolute atomic E-state index is 13.1. The summed E-state index contributed by atoms with van der Waals surface area (Å²) in [6.07, 6.45) is 0. The van der Waals surface area contributed by atoms with E-state index in [4.69, 9.17) is 4.18 Å². The van der Waals surface area contributed by atoms with Crippen LogP contribution < -0.4 is 4.18 Å². The zero-order chi connectivity index (χ0) is 19.0. The quantitative estimate of drug-likeness (QED) is 0.469. The number of fused-ring (bicyclic) bond motifs is 1. The summed E-state index contributed by atoms with van der Waals surface area (Å²) in [6, 6.07) is 14.5. The topological polar surface area (TPSA) is 69.2 Å². The van der Waals surface area contributed by atoms with Crippen LogP contribution in [0.3, 0.4) is 0 Å². The Labute approximate surface area is 159 Å². The second kappa shape index (κ2) is 6.71.